The van der Waals surface area contributed by atoms with Gasteiger partial charge in [0.2, 0.25) is 11.7 Å². The summed E-state index contributed by atoms with van der Waals surface area (Å²) in [5, 5.41) is 4.02. The van der Waals surface area contributed by atoms with Crippen molar-refractivity contribution in [1.29, 1.82) is 0 Å². The first-order chi connectivity index (χ1) is 14.7. The Morgan fingerprint density at radius 3 is 2.37 bits per heavy atom. The van der Waals surface area contributed by atoms with Gasteiger partial charge >= 0.3 is 0 Å². The Labute approximate surface area is 179 Å². The third kappa shape index (κ3) is 4.78. The predicted molar refractivity (Wildman–Crippen MR) is 118 cm³/mol. The molecule has 0 N–H and O–H groups in total. The highest BCUT2D eigenvalue weighted by Gasteiger charge is 2.19. The molecule has 5 nitrogen and oxygen atoms in total. The highest BCUT2D eigenvalue weighted by molar-refractivity contribution is 7.98. The van der Waals surface area contributed by atoms with Crippen molar-refractivity contribution in [2.75, 3.05) is 7.05 Å². The number of thioether (sulfide) groups is 1. The van der Waals surface area contributed by atoms with Gasteiger partial charge in [-0.1, -0.05) is 78.0 Å². The summed E-state index contributed by atoms with van der Waals surface area (Å²) in [4.78, 5) is 20.1. The third-order valence-corrected chi connectivity index (χ3v) is 5.72. The van der Waals surface area contributed by atoms with E-state index in [1.54, 1.807) is 23.7 Å². The molecule has 4 aromatic rings. The fourth-order valence-corrected chi connectivity index (χ4v) is 4.01. The second-order valence-corrected chi connectivity index (χ2v) is 7.83. The normalized spacial score (nSPS) is 10.7. The summed E-state index contributed by atoms with van der Waals surface area (Å²) in [5.41, 5.74) is 2.77. The lowest BCUT2D eigenvalue weighted by Crippen LogP contribution is -2.26. The van der Waals surface area contributed by atoms with E-state index in [0.717, 1.165) is 16.2 Å². The first kappa shape index (κ1) is 19.9. The van der Waals surface area contributed by atoms with Crippen molar-refractivity contribution in [1.82, 2.24) is 15.0 Å². The maximum Gasteiger partial charge on any atom is 0.255 e. The number of rotatable bonds is 7. The van der Waals surface area contributed by atoms with Gasteiger partial charge in [0.25, 0.3) is 5.91 Å². The minimum absolute atomic E-state index is 0.0781. The molecule has 0 unspecified atom stereocenters. The van der Waals surface area contributed by atoms with Crippen molar-refractivity contribution in [2.24, 2.45) is 0 Å². The summed E-state index contributed by atoms with van der Waals surface area (Å²) in [7, 11) is 1.74. The summed E-state index contributed by atoms with van der Waals surface area (Å²) in [6, 6.07) is 27.5. The standard InChI is InChI=1S/C24H21N3O2S/c1-27(16-22-25-23(26-29-22)19-12-6-3-7-13-19)24(28)20-14-8-9-15-21(20)30-17-18-10-4-2-5-11-18/h2-15H,16-17H2,1H3. The van der Waals surface area contributed by atoms with E-state index in [0.29, 0.717) is 17.3 Å². The second kappa shape index (κ2) is 9.41. The molecule has 0 radical (unpaired) electrons. The largest absolute Gasteiger partial charge is 0.337 e. The van der Waals surface area contributed by atoms with Crippen LogP contribution in [0.4, 0.5) is 0 Å². The summed E-state index contributed by atoms with van der Waals surface area (Å²) < 4.78 is 5.35. The number of amides is 1. The molecule has 30 heavy (non-hydrogen) atoms. The minimum atomic E-state index is -0.0781. The molecule has 0 bridgehead atoms. The Balaban J connectivity index is 1.45. The number of hydrogen-bond donors (Lipinski definition) is 0. The molecule has 1 amide bonds. The Morgan fingerprint density at radius 1 is 0.933 bits per heavy atom. The molecule has 3 aromatic carbocycles. The van der Waals surface area contributed by atoms with Crippen molar-refractivity contribution < 1.29 is 9.32 Å². The van der Waals surface area contributed by atoms with E-state index in [9.17, 15) is 4.79 Å². The molecule has 0 aliphatic heterocycles. The maximum atomic E-state index is 13.1. The Hall–Kier alpha value is -3.38. The van der Waals surface area contributed by atoms with Gasteiger partial charge in [-0.15, -0.1) is 11.8 Å². The van der Waals surface area contributed by atoms with E-state index in [4.69, 9.17) is 4.52 Å². The average molecular weight is 416 g/mol. The molecule has 1 aromatic heterocycles. The van der Waals surface area contributed by atoms with Gasteiger partial charge in [0, 0.05) is 23.3 Å². The van der Waals surface area contributed by atoms with Crippen LogP contribution >= 0.6 is 11.8 Å². The Bertz CT molecular complexity index is 1110. The molecule has 0 saturated carbocycles. The number of aromatic nitrogens is 2. The molecule has 0 fully saturated rings. The molecular formula is C24H21N3O2S. The monoisotopic (exact) mass is 415 g/mol. The van der Waals surface area contributed by atoms with Gasteiger partial charge < -0.3 is 9.42 Å². The minimum Gasteiger partial charge on any atom is -0.337 e. The van der Waals surface area contributed by atoms with Crippen LogP contribution in [0, 0.1) is 0 Å². The second-order valence-electron chi connectivity index (χ2n) is 6.81. The van der Waals surface area contributed by atoms with E-state index in [1.807, 2.05) is 72.8 Å². The van der Waals surface area contributed by atoms with Crippen LogP contribution in [-0.2, 0) is 12.3 Å². The summed E-state index contributed by atoms with van der Waals surface area (Å²) in [6.45, 7) is 0.246. The van der Waals surface area contributed by atoms with E-state index < -0.39 is 0 Å². The van der Waals surface area contributed by atoms with Crippen LogP contribution in [-0.4, -0.2) is 28.0 Å². The number of carbonyl (C=O) groups is 1. The number of carbonyl (C=O) groups excluding carboxylic acids is 1. The summed E-state index contributed by atoms with van der Waals surface area (Å²) >= 11 is 1.65. The fraction of sp³-hybridized carbons (Fsp3) is 0.125. The van der Waals surface area contributed by atoms with E-state index in [2.05, 4.69) is 22.3 Å². The lowest BCUT2D eigenvalue weighted by Gasteiger charge is -2.17. The first-order valence-corrected chi connectivity index (χ1v) is 10.6. The van der Waals surface area contributed by atoms with Crippen LogP contribution in [0.2, 0.25) is 0 Å². The predicted octanol–water partition coefficient (Wildman–Crippen LogP) is 5.30. The van der Waals surface area contributed by atoms with Crippen LogP contribution in [0.25, 0.3) is 11.4 Å². The lowest BCUT2D eigenvalue weighted by molar-refractivity contribution is 0.0766. The van der Waals surface area contributed by atoms with Crippen LogP contribution < -0.4 is 0 Å². The zero-order valence-corrected chi connectivity index (χ0v) is 17.4. The highest BCUT2D eigenvalue weighted by Crippen LogP contribution is 2.27. The zero-order chi connectivity index (χ0) is 20.8. The third-order valence-electron chi connectivity index (χ3n) is 4.57. The Morgan fingerprint density at radius 2 is 1.60 bits per heavy atom. The number of benzene rings is 3. The molecule has 0 aliphatic carbocycles. The molecule has 1 heterocycles. The lowest BCUT2D eigenvalue weighted by atomic mass is 10.2. The van der Waals surface area contributed by atoms with Crippen molar-refractivity contribution in [3.05, 3.63) is 102 Å². The van der Waals surface area contributed by atoms with Crippen LogP contribution in [0.3, 0.4) is 0 Å². The maximum absolute atomic E-state index is 13.1. The van der Waals surface area contributed by atoms with Gasteiger partial charge in [0.1, 0.15) is 0 Å². The molecule has 0 spiro atoms. The fourth-order valence-electron chi connectivity index (χ4n) is 3.01. The van der Waals surface area contributed by atoms with Gasteiger partial charge in [0.15, 0.2) is 0 Å². The van der Waals surface area contributed by atoms with E-state index in [-0.39, 0.29) is 12.5 Å². The van der Waals surface area contributed by atoms with Crippen molar-refractivity contribution in [3.63, 3.8) is 0 Å². The zero-order valence-electron chi connectivity index (χ0n) is 16.6. The van der Waals surface area contributed by atoms with Crippen molar-refractivity contribution in [3.8, 4) is 11.4 Å². The topological polar surface area (TPSA) is 59.2 Å². The average Bonchev–Trinajstić information content (AvgIpc) is 3.27. The van der Waals surface area contributed by atoms with Crippen LogP contribution in [0.15, 0.2) is 94.3 Å². The molecule has 4 rings (SSSR count). The molecule has 0 aliphatic rings. The van der Waals surface area contributed by atoms with Crippen LogP contribution in [0.5, 0.6) is 0 Å². The first-order valence-electron chi connectivity index (χ1n) is 9.60. The molecular weight excluding hydrogens is 394 g/mol. The molecule has 0 saturated heterocycles. The summed E-state index contributed by atoms with van der Waals surface area (Å²) in [6.07, 6.45) is 0. The summed E-state index contributed by atoms with van der Waals surface area (Å²) in [5.74, 6) is 1.65. The molecule has 150 valence electrons. The highest BCUT2D eigenvalue weighted by atomic mass is 32.2. The molecule has 0 atom stereocenters. The Kier molecular flexibility index (Phi) is 6.25. The van der Waals surface area contributed by atoms with Crippen molar-refractivity contribution in [2.45, 2.75) is 17.2 Å². The van der Waals surface area contributed by atoms with Crippen molar-refractivity contribution >= 4 is 17.7 Å². The SMILES string of the molecule is CN(Cc1nc(-c2ccccc2)no1)C(=O)c1ccccc1SCc1ccccc1. The number of nitrogens with zero attached hydrogens (tertiary/aromatic N) is 3. The smallest absolute Gasteiger partial charge is 0.255 e. The van der Waals surface area contributed by atoms with Gasteiger partial charge in [-0.3, -0.25) is 4.79 Å². The van der Waals surface area contributed by atoms with Gasteiger partial charge in [-0.05, 0) is 17.7 Å². The van der Waals surface area contributed by atoms with Gasteiger partial charge in [-0.25, -0.2) is 0 Å². The quantitative estimate of drug-likeness (QED) is 0.383. The van der Waals surface area contributed by atoms with E-state index >= 15 is 0 Å². The molecule has 6 heteroatoms. The van der Waals surface area contributed by atoms with E-state index in [1.165, 1.54) is 5.56 Å². The number of hydrogen-bond acceptors (Lipinski definition) is 5. The van der Waals surface area contributed by atoms with Gasteiger partial charge in [-0.2, -0.15) is 4.98 Å². The van der Waals surface area contributed by atoms with Crippen LogP contribution in [0.1, 0.15) is 21.8 Å². The van der Waals surface area contributed by atoms with Gasteiger partial charge in [0.05, 0.1) is 12.1 Å².